The lowest BCUT2D eigenvalue weighted by Gasteiger charge is -2.45. The minimum Gasteiger partial charge on any atom is -0.396 e. The van der Waals surface area contributed by atoms with E-state index in [1.807, 2.05) is 12.1 Å². The maximum atomic E-state index is 9.84. The number of nitrogens with one attached hydrogen (secondary N) is 1. The van der Waals surface area contributed by atoms with Gasteiger partial charge in [-0.3, -0.25) is 4.90 Å². The van der Waals surface area contributed by atoms with Crippen LogP contribution in [-0.2, 0) is 11.3 Å². The van der Waals surface area contributed by atoms with Crippen molar-refractivity contribution < 1.29 is 9.84 Å². The van der Waals surface area contributed by atoms with Gasteiger partial charge in [0, 0.05) is 43.4 Å². The Balaban J connectivity index is 1.57. The van der Waals surface area contributed by atoms with Crippen molar-refractivity contribution in [2.75, 3.05) is 26.4 Å². The first kappa shape index (κ1) is 15.7. The maximum absolute atomic E-state index is 9.84. The number of nitrogens with zero attached hydrogens (tertiary/aromatic N) is 4. The molecular weight excluding hydrogens is 306 g/mol. The molecule has 1 spiro atoms. The molecule has 2 saturated heterocycles. The van der Waals surface area contributed by atoms with Gasteiger partial charge in [-0.25, -0.2) is 0 Å². The van der Waals surface area contributed by atoms with E-state index in [2.05, 4.69) is 37.7 Å². The number of aromatic amines is 1. The number of hydrogen-bond acceptors (Lipinski definition) is 6. The van der Waals surface area contributed by atoms with Gasteiger partial charge in [0.25, 0.3) is 0 Å². The molecule has 1 unspecified atom stereocenters. The van der Waals surface area contributed by atoms with E-state index in [0.29, 0.717) is 11.7 Å². The minimum absolute atomic E-state index is 0.0785. The van der Waals surface area contributed by atoms with Crippen LogP contribution in [0.2, 0.25) is 0 Å². The molecule has 1 atom stereocenters. The summed E-state index contributed by atoms with van der Waals surface area (Å²) in [6.07, 6.45) is 3.06. The van der Waals surface area contributed by atoms with Crippen molar-refractivity contribution in [2.45, 2.75) is 31.3 Å². The van der Waals surface area contributed by atoms with Crippen LogP contribution in [0.4, 0.5) is 0 Å². The average Bonchev–Trinajstić information content (AvgIpc) is 3.26. The summed E-state index contributed by atoms with van der Waals surface area (Å²) in [5.41, 5.74) is 2.29. The summed E-state index contributed by atoms with van der Waals surface area (Å²) in [6, 6.07) is 8.31. The van der Waals surface area contributed by atoms with E-state index in [0.717, 1.165) is 51.1 Å². The number of benzene rings is 1. The quantitative estimate of drug-likeness (QED) is 0.877. The molecule has 1 aromatic carbocycles. The number of hydrogen-bond donors (Lipinski definition) is 2. The SMILES string of the molecule is OCC1CCN(Cc2cccc(-c3nn[nH]n3)c2)C12CCOCC2. The van der Waals surface area contributed by atoms with E-state index in [1.165, 1.54) is 5.56 Å². The highest BCUT2D eigenvalue weighted by atomic mass is 16.5. The molecule has 2 fully saturated rings. The summed E-state index contributed by atoms with van der Waals surface area (Å²) < 4.78 is 5.58. The zero-order valence-electron chi connectivity index (χ0n) is 13.7. The lowest BCUT2D eigenvalue weighted by atomic mass is 9.78. The molecule has 1 aromatic heterocycles. The van der Waals surface area contributed by atoms with E-state index >= 15 is 0 Å². The normalized spacial score (nSPS) is 23.8. The molecular formula is C17H23N5O2. The Kier molecular flexibility index (Phi) is 4.30. The van der Waals surface area contributed by atoms with Crippen LogP contribution >= 0.6 is 0 Å². The Labute approximate surface area is 141 Å². The molecule has 4 rings (SSSR count). The van der Waals surface area contributed by atoms with Crippen molar-refractivity contribution in [3.05, 3.63) is 29.8 Å². The smallest absolute Gasteiger partial charge is 0.204 e. The highest BCUT2D eigenvalue weighted by Gasteiger charge is 2.48. The van der Waals surface area contributed by atoms with E-state index < -0.39 is 0 Å². The van der Waals surface area contributed by atoms with Crippen molar-refractivity contribution in [1.82, 2.24) is 25.5 Å². The molecule has 2 aliphatic rings. The summed E-state index contributed by atoms with van der Waals surface area (Å²) in [5, 5.41) is 24.1. The Bertz CT molecular complexity index is 669. The Hall–Kier alpha value is -1.83. The molecule has 0 bridgehead atoms. The van der Waals surface area contributed by atoms with Crippen LogP contribution in [-0.4, -0.2) is 62.5 Å². The summed E-state index contributed by atoms with van der Waals surface area (Å²) in [6.45, 7) is 3.74. The van der Waals surface area contributed by atoms with Crippen molar-refractivity contribution in [3.8, 4) is 11.4 Å². The average molecular weight is 329 g/mol. The first-order chi connectivity index (χ1) is 11.8. The first-order valence-corrected chi connectivity index (χ1v) is 8.58. The zero-order chi connectivity index (χ0) is 16.4. The molecule has 2 aromatic rings. The van der Waals surface area contributed by atoms with Crippen molar-refractivity contribution in [1.29, 1.82) is 0 Å². The zero-order valence-corrected chi connectivity index (χ0v) is 13.7. The van der Waals surface area contributed by atoms with Crippen molar-refractivity contribution in [3.63, 3.8) is 0 Å². The number of aliphatic hydroxyl groups is 1. The Morgan fingerprint density at radius 3 is 2.96 bits per heavy atom. The van der Waals surface area contributed by atoms with Gasteiger partial charge in [0.05, 0.1) is 0 Å². The third kappa shape index (κ3) is 2.72. The van der Waals surface area contributed by atoms with Gasteiger partial charge in [-0.2, -0.15) is 5.21 Å². The fourth-order valence-corrected chi connectivity index (χ4v) is 4.32. The number of tetrazole rings is 1. The predicted octanol–water partition coefficient (Wildman–Crippen LogP) is 1.23. The molecule has 2 aliphatic heterocycles. The van der Waals surface area contributed by atoms with Crippen molar-refractivity contribution in [2.24, 2.45) is 5.92 Å². The third-order valence-corrected chi connectivity index (χ3v) is 5.62. The van der Waals surface area contributed by atoms with E-state index in [-0.39, 0.29) is 12.1 Å². The second-order valence-electron chi connectivity index (χ2n) is 6.74. The summed E-state index contributed by atoms with van der Waals surface area (Å²) in [4.78, 5) is 2.55. The Morgan fingerprint density at radius 1 is 1.33 bits per heavy atom. The van der Waals surface area contributed by atoms with Crippen LogP contribution in [0.15, 0.2) is 24.3 Å². The standard InChI is InChI=1S/C17H23N5O2/c23-12-15-4-7-22(17(15)5-8-24-9-6-17)11-13-2-1-3-14(10-13)16-18-20-21-19-16/h1-3,10,15,23H,4-9,11-12H2,(H,18,19,20,21). The van der Waals surface area contributed by atoms with Crippen LogP contribution in [0, 0.1) is 5.92 Å². The lowest BCUT2D eigenvalue weighted by molar-refractivity contribution is -0.0410. The van der Waals surface area contributed by atoms with Crippen LogP contribution in [0.1, 0.15) is 24.8 Å². The topological polar surface area (TPSA) is 87.2 Å². The van der Waals surface area contributed by atoms with Gasteiger partial charge in [-0.05, 0) is 42.7 Å². The van der Waals surface area contributed by atoms with Crippen molar-refractivity contribution >= 4 is 0 Å². The van der Waals surface area contributed by atoms with Crippen LogP contribution < -0.4 is 0 Å². The van der Waals surface area contributed by atoms with Gasteiger partial charge in [-0.15, -0.1) is 10.2 Å². The fourth-order valence-electron chi connectivity index (χ4n) is 4.32. The first-order valence-electron chi connectivity index (χ1n) is 8.58. The third-order valence-electron chi connectivity index (χ3n) is 5.62. The number of likely N-dealkylation sites (tertiary alicyclic amines) is 1. The minimum atomic E-state index is 0.0785. The molecule has 2 N–H and O–H groups in total. The molecule has 7 heteroatoms. The maximum Gasteiger partial charge on any atom is 0.204 e. The molecule has 0 aliphatic carbocycles. The fraction of sp³-hybridized carbons (Fsp3) is 0.588. The van der Waals surface area contributed by atoms with E-state index in [9.17, 15) is 5.11 Å². The molecule has 24 heavy (non-hydrogen) atoms. The van der Waals surface area contributed by atoms with Gasteiger partial charge in [-0.1, -0.05) is 18.2 Å². The summed E-state index contributed by atoms with van der Waals surface area (Å²) in [5.74, 6) is 0.967. The number of ether oxygens (including phenoxy) is 1. The molecule has 0 radical (unpaired) electrons. The molecule has 128 valence electrons. The second-order valence-corrected chi connectivity index (χ2v) is 6.74. The number of aromatic nitrogens is 4. The number of aliphatic hydroxyl groups excluding tert-OH is 1. The molecule has 0 saturated carbocycles. The monoisotopic (exact) mass is 329 g/mol. The van der Waals surface area contributed by atoms with Crippen LogP contribution in [0.3, 0.4) is 0 Å². The molecule has 3 heterocycles. The van der Waals surface area contributed by atoms with Gasteiger partial charge in [0.1, 0.15) is 0 Å². The van der Waals surface area contributed by atoms with Crippen LogP contribution in [0.25, 0.3) is 11.4 Å². The largest absolute Gasteiger partial charge is 0.396 e. The lowest BCUT2D eigenvalue weighted by Crippen LogP contribution is -2.52. The highest BCUT2D eigenvalue weighted by Crippen LogP contribution is 2.43. The second kappa shape index (κ2) is 6.58. The van der Waals surface area contributed by atoms with Gasteiger partial charge in [0.2, 0.25) is 5.82 Å². The van der Waals surface area contributed by atoms with Crippen LogP contribution in [0.5, 0.6) is 0 Å². The van der Waals surface area contributed by atoms with E-state index in [1.54, 1.807) is 0 Å². The predicted molar refractivity (Wildman–Crippen MR) is 88.0 cm³/mol. The van der Waals surface area contributed by atoms with Gasteiger partial charge >= 0.3 is 0 Å². The summed E-state index contributed by atoms with van der Waals surface area (Å²) in [7, 11) is 0. The number of rotatable bonds is 4. The summed E-state index contributed by atoms with van der Waals surface area (Å²) >= 11 is 0. The van der Waals surface area contributed by atoms with Gasteiger partial charge in [0.15, 0.2) is 0 Å². The molecule has 0 amide bonds. The van der Waals surface area contributed by atoms with Gasteiger partial charge < -0.3 is 9.84 Å². The number of H-pyrrole nitrogens is 1. The van der Waals surface area contributed by atoms with E-state index in [4.69, 9.17) is 4.74 Å². The molecule has 7 nitrogen and oxygen atoms in total. The highest BCUT2D eigenvalue weighted by molar-refractivity contribution is 5.54. The Morgan fingerprint density at radius 2 is 2.21 bits per heavy atom.